The molecule has 7 rings (SSSR count). The minimum atomic E-state index is -1.20. The Morgan fingerprint density at radius 2 is 1.45 bits per heavy atom. The molecule has 0 saturated carbocycles. The summed E-state index contributed by atoms with van der Waals surface area (Å²) in [7, 11) is 1.56. The van der Waals surface area contributed by atoms with Crippen molar-refractivity contribution in [1.29, 1.82) is 0 Å². The highest BCUT2D eigenvalue weighted by molar-refractivity contribution is 6.34. The van der Waals surface area contributed by atoms with Crippen LogP contribution in [-0.4, -0.2) is 61.6 Å². The third kappa shape index (κ3) is 10.6. The molecule has 4 aromatic carbocycles. The van der Waals surface area contributed by atoms with E-state index in [9.17, 15) is 19.2 Å². The van der Waals surface area contributed by atoms with Crippen LogP contribution in [0.5, 0.6) is 11.6 Å². The minimum absolute atomic E-state index is 0.290. The first-order chi connectivity index (χ1) is 30.4. The van der Waals surface area contributed by atoms with Gasteiger partial charge in [0.2, 0.25) is 24.0 Å². The van der Waals surface area contributed by atoms with E-state index in [1.165, 1.54) is 17.2 Å². The van der Waals surface area contributed by atoms with Gasteiger partial charge in [0.15, 0.2) is 34.0 Å². The molecule has 0 radical (unpaired) electrons. The van der Waals surface area contributed by atoms with Crippen molar-refractivity contribution in [3.63, 3.8) is 0 Å². The molecule has 2 amide bonds. The Hall–Kier alpha value is -6.64. The predicted molar refractivity (Wildman–Crippen MR) is 248 cm³/mol. The van der Waals surface area contributed by atoms with Crippen LogP contribution in [-0.2, 0) is 14.4 Å². The lowest BCUT2D eigenvalue weighted by Gasteiger charge is -2.25. The van der Waals surface area contributed by atoms with Crippen molar-refractivity contribution in [3.8, 4) is 11.6 Å². The number of Topliss-reactive ketones (excluding diaryl/α,β-unsaturated/α-hetero) is 2. The molecule has 0 aliphatic rings. The van der Waals surface area contributed by atoms with Gasteiger partial charge < -0.3 is 20.1 Å². The fraction of sp³-hybridized carbons (Fsp3) is 0.292. The van der Waals surface area contributed by atoms with Crippen LogP contribution in [0.2, 0.25) is 10.0 Å². The van der Waals surface area contributed by atoms with Gasteiger partial charge in [-0.1, -0.05) is 82.1 Å². The van der Waals surface area contributed by atoms with Crippen LogP contribution < -0.4 is 24.7 Å². The number of amides is 2. The van der Waals surface area contributed by atoms with Gasteiger partial charge in [-0.05, 0) is 92.4 Å². The highest BCUT2D eigenvalue weighted by Gasteiger charge is 2.38. The quantitative estimate of drug-likeness (QED) is 0.0579. The van der Waals surface area contributed by atoms with Crippen LogP contribution in [0.25, 0.3) is 22.2 Å². The molecule has 0 spiro atoms. The van der Waals surface area contributed by atoms with Crippen molar-refractivity contribution in [2.24, 2.45) is 11.3 Å². The Morgan fingerprint density at radius 1 is 0.828 bits per heavy atom. The van der Waals surface area contributed by atoms with Crippen LogP contribution in [0.15, 0.2) is 97.8 Å². The number of para-hydroxylation sites is 1. The zero-order valence-corrected chi connectivity index (χ0v) is 38.6. The Labute approximate surface area is 381 Å². The first-order valence-electron chi connectivity index (χ1n) is 20.5. The Bertz CT molecular complexity index is 2850. The van der Waals surface area contributed by atoms with Crippen molar-refractivity contribution >= 4 is 80.2 Å². The second kappa shape index (κ2) is 19.8. The molecule has 0 aliphatic carbocycles. The van der Waals surface area contributed by atoms with Crippen LogP contribution in [0.3, 0.4) is 0 Å². The zero-order valence-electron chi connectivity index (χ0n) is 37.1. The van der Waals surface area contributed by atoms with Crippen molar-refractivity contribution < 1.29 is 33.2 Å². The fourth-order valence-corrected chi connectivity index (χ4v) is 7.11. The van der Waals surface area contributed by atoms with Gasteiger partial charge in [-0.2, -0.15) is 4.98 Å². The number of halogens is 2. The summed E-state index contributed by atoms with van der Waals surface area (Å²) in [6.45, 7) is 15.6. The largest absolute Gasteiger partial charge is 0.497 e. The first-order valence-corrected chi connectivity index (χ1v) is 21.3. The molecule has 0 fully saturated rings. The number of nitrogens with one attached hydrogen (secondary N) is 3. The van der Waals surface area contributed by atoms with Crippen LogP contribution in [0.4, 0.5) is 11.4 Å². The molecule has 14 nitrogen and oxygen atoms in total. The van der Waals surface area contributed by atoms with Gasteiger partial charge in [0.25, 0.3) is 11.8 Å². The zero-order chi connectivity index (χ0) is 46.5. The molecule has 332 valence electrons. The van der Waals surface area contributed by atoms with Crippen LogP contribution >= 0.6 is 23.2 Å². The molecular weight excluding hydrogens is 855 g/mol. The number of methoxy groups -OCH3 is 1. The molecule has 3 N–H and O–H groups in total. The average Bonchev–Trinajstić information content (AvgIpc) is 3.88. The predicted octanol–water partition coefficient (Wildman–Crippen LogP) is 9.41. The van der Waals surface area contributed by atoms with Gasteiger partial charge in [0, 0.05) is 16.5 Å². The van der Waals surface area contributed by atoms with Crippen LogP contribution in [0.1, 0.15) is 73.8 Å². The number of anilines is 2. The Morgan fingerprint density at radius 3 is 2.05 bits per heavy atom. The third-order valence-electron chi connectivity index (χ3n) is 10.2. The molecule has 3 aromatic heterocycles. The molecule has 16 heteroatoms. The average molecular weight is 907 g/mol. The molecule has 0 saturated heterocycles. The third-order valence-corrected chi connectivity index (χ3v) is 10.8. The van der Waals surface area contributed by atoms with E-state index in [-0.39, 0.29) is 11.6 Å². The number of rotatable bonds is 13. The van der Waals surface area contributed by atoms with E-state index in [1.54, 1.807) is 87.3 Å². The summed E-state index contributed by atoms with van der Waals surface area (Å²) >= 11 is 12.5. The molecule has 3 heterocycles. The normalized spacial score (nSPS) is 12.3. The maximum Gasteiger partial charge on any atom is 0.278 e. The minimum Gasteiger partial charge on any atom is -0.497 e. The summed E-state index contributed by atoms with van der Waals surface area (Å²) in [5.41, 5.74) is 5.73. The SMILES string of the molecule is COc1ccc(C(=O)C(C(=O)Nc2cc(C)ccc2Cl)[n+]2c[nH]c3c(C)cccc32)cc1.Cc1ccc(Cl)c(NC(=O)C(C(=O)C(C)(C)C)n2cnc3c(OCC(C)C)ncnc32)c1. The van der Waals surface area contributed by atoms with E-state index in [1.807, 2.05) is 65.0 Å². The monoisotopic (exact) mass is 905 g/mol. The second-order valence-corrected chi connectivity index (χ2v) is 17.6. The molecule has 0 aliphatic heterocycles. The van der Waals surface area contributed by atoms with Gasteiger partial charge in [0.1, 0.15) is 12.1 Å². The lowest BCUT2D eigenvalue weighted by Crippen LogP contribution is -2.49. The Balaban J connectivity index is 0.000000213. The summed E-state index contributed by atoms with van der Waals surface area (Å²) in [6.07, 6.45) is 4.42. The number of hydrogen-bond donors (Lipinski definition) is 3. The number of fused-ring (bicyclic) bond motifs is 2. The summed E-state index contributed by atoms with van der Waals surface area (Å²) in [5.74, 6) is -0.411. The van der Waals surface area contributed by atoms with E-state index in [0.29, 0.717) is 62.3 Å². The Kier molecular flexibility index (Phi) is 14.5. The number of benzene rings is 4. The summed E-state index contributed by atoms with van der Waals surface area (Å²) in [6, 6.07) is 20.7. The van der Waals surface area contributed by atoms with Gasteiger partial charge in [-0.25, -0.2) is 19.5 Å². The molecular formula is C48H51Cl2N8O6+. The fourth-order valence-electron chi connectivity index (χ4n) is 6.78. The number of carbonyl (C=O) groups is 4. The first kappa shape index (κ1) is 46.9. The van der Waals surface area contributed by atoms with E-state index < -0.39 is 29.3 Å². The molecule has 2 unspecified atom stereocenters. The van der Waals surface area contributed by atoms with Crippen molar-refractivity contribution in [1.82, 2.24) is 24.5 Å². The maximum absolute atomic E-state index is 13.6. The lowest BCUT2D eigenvalue weighted by atomic mass is 9.86. The van der Waals surface area contributed by atoms with Crippen molar-refractivity contribution in [3.05, 3.63) is 130 Å². The highest BCUT2D eigenvalue weighted by Crippen LogP contribution is 2.31. The molecule has 2 atom stereocenters. The standard InChI is InChI=1S/C25H22ClN3O3.C23H28ClN5O3/c1-15-7-12-19(26)20(13-15)28-25(31)23(24(30)17-8-10-18(32-3)11-9-17)29-14-27-22-16(2)5-4-6-21(22)29;1-13(2)10-32-22-17-20(25-11-26-22)29(12-27-17)18(19(30)23(4,5)6)21(31)28-16-9-14(3)7-8-15(16)24/h4-14,23H,1-3H3,(H,28,31);7-9,11-13,18H,10H2,1-6H3,(H,28,31)/p+1. The number of ether oxygens (including phenoxy) is 2. The molecule has 0 bridgehead atoms. The number of ketones is 2. The number of aryl methyl sites for hydroxylation is 3. The van der Waals surface area contributed by atoms with Crippen molar-refractivity contribution in [2.75, 3.05) is 24.4 Å². The van der Waals surface area contributed by atoms with E-state index >= 15 is 0 Å². The lowest BCUT2D eigenvalue weighted by molar-refractivity contribution is -0.668. The summed E-state index contributed by atoms with van der Waals surface area (Å²) in [4.78, 5) is 69.8. The number of aromatic amines is 1. The van der Waals surface area contributed by atoms with Crippen molar-refractivity contribution in [2.45, 2.75) is 67.5 Å². The summed E-state index contributed by atoms with van der Waals surface area (Å²) < 4.78 is 14.1. The van der Waals surface area contributed by atoms with Gasteiger partial charge in [0.05, 0.1) is 41.5 Å². The number of carbonyl (C=O) groups excluding carboxylic acids is 4. The number of nitrogens with zero attached hydrogens (tertiary/aromatic N) is 5. The number of imidazole rings is 2. The second-order valence-electron chi connectivity index (χ2n) is 16.8. The number of hydrogen-bond acceptors (Lipinski definition) is 9. The van der Waals surface area contributed by atoms with Gasteiger partial charge in [-0.15, -0.1) is 0 Å². The number of aromatic nitrogens is 6. The van der Waals surface area contributed by atoms with Gasteiger partial charge >= 0.3 is 0 Å². The number of H-pyrrole nitrogens is 1. The topological polar surface area (TPSA) is 174 Å². The molecule has 64 heavy (non-hydrogen) atoms. The smallest absolute Gasteiger partial charge is 0.278 e. The molecule has 7 aromatic rings. The highest BCUT2D eigenvalue weighted by atomic mass is 35.5. The maximum atomic E-state index is 13.6. The van der Waals surface area contributed by atoms with Gasteiger partial charge in [-0.3, -0.25) is 23.7 Å². The van der Waals surface area contributed by atoms with E-state index in [2.05, 4.69) is 30.6 Å². The van der Waals surface area contributed by atoms with Crippen LogP contribution in [0, 0.1) is 32.1 Å². The summed E-state index contributed by atoms with van der Waals surface area (Å²) in [5, 5.41) is 6.42. The van der Waals surface area contributed by atoms with E-state index in [4.69, 9.17) is 32.7 Å². The van der Waals surface area contributed by atoms with E-state index in [0.717, 1.165) is 27.7 Å².